The Bertz CT molecular complexity index is 1440. The zero-order valence-corrected chi connectivity index (χ0v) is 19.9. The third-order valence-corrected chi connectivity index (χ3v) is 6.15. The summed E-state index contributed by atoms with van der Waals surface area (Å²) in [4.78, 5) is 13.7. The Balaban J connectivity index is 1.52. The van der Waals surface area contributed by atoms with Crippen molar-refractivity contribution in [3.05, 3.63) is 143 Å². The number of benzene rings is 4. The van der Waals surface area contributed by atoms with Gasteiger partial charge in [0.25, 0.3) is 5.91 Å². The molecule has 0 saturated heterocycles. The van der Waals surface area contributed by atoms with Crippen LogP contribution >= 0.6 is 0 Å². The van der Waals surface area contributed by atoms with Crippen molar-refractivity contribution in [2.45, 2.75) is 19.4 Å². The molecular formula is C31H26FN3O. The first-order valence-electron chi connectivity index (χ1n) is 11.9. The molecular weight excluding hydrogens is 449 g/mol. The molecule has 0 saturated carbocycles. The lowest BCUT2D eigenvalue weighted by atomic mass is 9.98. The van der Waals surface area contributed by atoms with E-state index in [0.29, 0.717) is 17.8 Å². The Hall–Kier alpha value is -4.51. The second-order valence-electron chi connectivity index (χ2n) is 8.80. The Labute approximate surface area is 210 Å². The lowest BCUT2D eigenvalue weighted by Crippen LogP contribution is -2.31. The molecule has 4 nitrogen and oxygen atoms in total. The second-order valence-corrected chi connectivity index (χ2v) is 8.80. The van der Waals surface area contributed by atoms with Crippen LogP contribution in [0.25, 0.3) is 16.9 Å². The van der Waals surface area contributed by atoms with Gasteiger partial charge in [-0.05, 0) is 66.9 Å². The van der Waals surface area contributed by atoms with Gasteiger partial charge in [0, 0.05) is 5.56 Å². The standard InChI is InChI=1S/C31H26FN3O/c1-22-12-18-27(19-13-22)35-30(21-29(34-35)25-14-16-26(32)17-15-25)31(36)33-28(24-10-6-3-7-11-24)20-23-8-4-2-5-9-23/h2-19,21,28H,20H2,1H3,(H,33,36). The Morgan fingerprint density at radius 1 is 0.861 bits per heavy atom. The summed E-state index contributed by atoms with van der Waals surface area (Å²) in [5.74, 6) is -0.553. The van der Waals surface area contributed by atoms with Gasteiger partial charge in [0.2, 0.25) is 0 Å². The molecule has 1 N–H and O–H groups in total. The van der Waals surface area contributed by atoms with Gasteiger partial charge in [0.15, 0.2) is 0 Å². The highest BCUT2D eigenvalue weighted by Crippen LogP contribution is 2.24. The zero-order valence-electron chi connectivity index (χ0n) is 19.9. The number of aromatic nitrogens is 2. The molecule has 0 aliphatic heterocycles. The van der Waals surface area contributed by atoms with E-state index < -0.39 is 0 Å². The molecule has 0 bridgehead atoms. The molecule has 178 valence electrons. The SMILES string of the molecule is Cc1ccc(-n2nc(-c3ccc(F)cc3)cc2C(=O)NC(Cc2ccccc2)c2ccccc2)cc1. The molecule has 1 heterocycles. The van der Waals surface area contributed by atoms with Gasteiger partial charge in [0.05, 0.1) is 17.4 Å². The number of aryl methyl sites for hydroxylation is 1. The third kappa shape index (κ3) is 5.26. The van der Waals surface area contributed by atoms with Crippen molar-refractivity contribution in [1.82, 2.24) is 15.1 Å². The minimum Gasteiger partial charge on any atom is -0.344 e. The van der Waals surface area contributed by atoms with E-state index in [9.17, 15) is 9.18 Å². The van der Waals surface area contributed by atoms with E-state index in [2.05, 4.69) is 17.4 Å². The van der Waals surface area contributed by atoms with Gasteiger partial charge in [0.1, 0.15) is 11.5 Å². The smallest absolute Gasteiger partial charge is 0.270 e. The summed E-state index contributed by atoms with van der Waals surface area (Å²) in [5, 5.41) is 7.96. The lowest BCUT2D eigenvalue weighted by Gasteiger charge is -2.20. The minimum absolute atomic E-state index is 0.225. The van der Waals surface area contributed by atoms with Crippen molar-refractivity contribution in [2.75, 3.05) is 0 Å². The van der Waals surface area contributed by atoms with Crippen molar-refractivity contribution in [1.29, 1.82) is 0 Å². The van der Waals surface area contributed by atoms with Crippen molar-refractivity contribution in [2.24, 2.45) is 0 Å². The van der Waals surface area contributed by atoms with E-state index in [0.717, 1.165) is 27.9 Å². The van der Waals surface area contributed by atoms with Gasteiger partial charge >= 0.3 is 0 Å². The molecule has 0 fully saturated rings. The monoisotopic (exact) mass is 475 g/mol. The molecule has 5 heteroatoms. The number of rotatable bonds is 7. The number of hydrogen-bond acceptors (Lipinski definition) is 2. The van der Waals surface area contributed by atoms with Gasteiger partial charge in [-0.1, -0.05) is 78.4 Å². The van der Waals surface area contributed by atoms with Crippen LogP contribution in [-0.4, -0.2) is 15.7 Å². The van der Waals surface area contributed by atoms with Crippen LogP contribution in [0.3, 0.4) is 0 Å². The largest absolute Gasteiger partial charge is 0.344 e. The highest BCUT2D eigenvalue weighted by atomic mass is 19.1. The van der Waals surface area contributed by atoms with Crippen LogP contribution in [0.15, 0.2) is 115 Å². The van der Waals surface area contributed by atoms with Gasteiger partial charge < -0.3 is 5.32 Å². The molecule has 1 atom stereocenters. The first kappa shape index (κ1) is 23.2. The lowest BCUT2D eigenvalue weighted by molar-refractivity contribution is 0.0928. The van der Waals surface area contributed by atoms with E-state index in [1.807, 2.05) is 79.7 Å². The minimum atomic E-state index is -0.318. The molecule has 5 aromatic rings. The van der Waals surface area contributed by atoms with E-state index in [-0.39, 0.29) is 17.8 Å². The van der Waals surface area contributed by atoms with Gasteiger partial charge in [-0.3, -0.25) is 4.79 Å². The summed E-state index contributed by atoms with van der Waals surface area (Å²) in [6, 6.07) is 35.6. The molecule has 0 radical (unpaired) electrons. The van der Waals surface area contributed by atoms with Gasteiger partial charge in [-0.2, -0.15) is 5.10 Å². The van der Waals surface area contributed by atoms with Crippen LogP contribution in [0, 0.1) is 12.7 Å². The average molecular weight is 476 g/mol. The molecule has 0 aliphatic carbocycles. The van der Waals surface area contributed by atoms with E-state index in [1.165, 1.54) is 12.1 Å². The average Bonchev–Trinajstić information content (AvgIpc) is 3.36. The highest BCUT2D eigenvalue weighted by Gasteiger charge is 2.22. The van der Waals surface area contributed by atoms with Crippen LogP contribution in [0.1, 0.15) is 33.2 Å². The maximum atomic E-state index is 13.7. The summed E-state index contributed by atoms with van der Waals surface area (Å²) in [7, 11) is 0. The maximum Gasteiger partial charge on any atom is 0.270 e. The highest BCUT2D eigenvalue weighted by molar-refractivity contribution is 5.94. The Morgan fingerprint density at radius 3 is 2.17 bits per heavy atom. The van der Waals surface area contributed by atoms with Crippen LogP contribution < -0.4 is 5.32 Å². The number of nitrogens with one attached hydrogen (secondary N) is 1. The molecule has 5 rings (SSSR count). The quantitative estimate of drug-likeness (QED) is 0.285. The van der Waals surface area contributed by atoms with Crippen LogP contribution in [0.4, 0.5) is 4.39 Å². The van der Waals surface area contributed by atoms with Crippen molar-refractivity contribution >= 4 is 5.91 Å². The number of carbonyl (C=O) groups is 1. The summed E-state index contributed by atoms with van der Waals surface area (Å²) in [6.07, 6.45) is 0.653. The molecule has 1 aromatic heterocycles. The fourth-order valence-corrected chi connectivity index (χ4v) is 4.21. The van der Waals surface area contributed by atoms with E-state index in [4.69, 9.17) is 5.10 Å². The number of nitrogens with zero attached hydrogens (tertiary/aromatic N) is 2. The second kappa shape index (κ2) is 10.4. The summed E-state index contributed by atoms with van der Waals surface area (Å²) in [5.41, 5.74) is 5.79. The molecule has 36 heavy (non-hydrogen) atoms. The maximum absolute atomic E-state index is 13.7. The molecule has 0 spiro atoms. The fraction of sp³-hybridized carbons (Fsp3) is 0.0968. The predicted molar refractivity (Wildman–Crippen MR) is 140 cm³/mol. The molecule has 1 amide bonds. The molecule has 0 aliphatic rings. The Morgan fingerprint density at radius 2 is 1.50 bits per heavy atom. The van der Waals surface area contributed by atoms with E-state index >= 15 is 0 Å². The normalized spacial score (nSPS) is 11.7. The van der Waals surface area contributed by atoms with Gasteiger partial charge in [-0.25, -0.2) is 9.07 Å². The number of amides is 1. The first-order valence-corrected chi connectivity index (χ1v) is 11.9. The topological polar surface area (TPSA) is 46.9 Å². The Kier molecular flexibility index (Phi) is 6.72. The van der Waals surface area contributed by atoms with Crippen LogP contribution in [0.2, 0.25) is 0 Å². The van der Waals surface area contributed by atoms with Gasteiger partial charge in [-0.15, -0.1) is 0 Å². The van der Waals surface area contributed by atoms with Crippen molar-refractivity contribution < 1.29 is 9.18 Å². The van der Waals surface area contributed by atoms with Crippen LogP contribution in [-0.2, 0) is 6.42 Å². The summed E-state index contributed by atoms with van der Waals surface area (Å²) in [6.45, 7) is 2.01. The number of halogens is 1. The van der Waals surface area contributed by atoms with Crippen molar-refractivity contribution in [3.63, 3.8) is 0 Å². The summed E-state index contributed by atoms with van der Waals surface area (Å²) < 4.78 is 15.2. The fourth-order valence-electron chi connectivity index (χ4n) is 4.21. The first-order chi connectivity index (χ1) is 17.6. The zero-order chi connectivity index (χ0) is 24.9. The predicted octanol–water partition coefficient (Wildman–Crippen LogP) is 6.70. The molecule has 1 unspecified atom stereocenters. The summed E-state index contributed by atoms with van der Waals surface area (Å²) >= 11 is 0. The van der Waals surface area contributed by atoms with Crippen molar-refractivity contribution in [3.8, 4) is 16.9 Å². The van der Waals surface area contributed by atoms with Crippen LogP contribution in [0.5, 0.6) is 0 Å². The number of hydrogen-bond donors (Lipinski definition) is 1. The molecule has 4 aromatic carbocycles. The number of carbonyl (C=O) groups excluding carboxylic acids is 1. The van der Waals surface area contributed by atoms with E-state index in [1.54, 1.807) is 22.9 Å². The third-order valence-electron chi connectivity index (χ3n) is 6.15.